The number of rotatable bonds is 4. The summed E-state index contributed by atoms with van der Waals surface area (Å²) in [6.45, 7) is 4.69. The number of hydrogen-bond acceptors (Lipinski definition) is 4. The summed E-state index contributed by atoms with van der Waals surface area (Å²) in [6.07, 6.45) is 2.65. The van der Waals surface area contributed by atoms with Crippen molar-refractivity contribution in [1.29, 1.82) is 0 Å². The Bertz CT molecular complexity index is 944. The van der Waals surface area contributed by atoms with Crippen LogP contribution in [0.25, 0.3) is 5.69 Å². The normalized spacial score (nSPS) is 14.4. The molecule has 6 nitrogen and oxygen atoms in total. The first-order chi connectivity index (χ1) is 13.6. The Kier molecular flexibility index (Phi) is 5.06. The minimum atomic E-state index is -0.245. The van der Waals surface area contributed by atoms with Crippen LogP contribution in [0.4, 0.5) is 10.1 Å². The lowest BCUT2D eigenvalue weighted by atomic mass is 10.1. The maximum atomic E-state index is 13.1. The van der Waals surface area contributed by atoms with E-state index in [0.29, 0.717) is 31.9 Å². The molecule has 1 aromatic heterocycles. The number of benzene rings is 2. The molecule has 1 amide bonds. The Morgan fingerprint density at radius 1 is 0.964 bits per heavy atom. The molecule has 0 N–H and O–H groups in total. The van der Waals surface area contributed by atoms with Gasteiger partial charge in [0, 0.05) is 31.9 Å². The van der Waals surface area contributed by atoms with Gasteiger partial charge in [-0.2, -0.15) is 0 Å². The Hall–Kier alpha value is -3.22. The number of carbonyl (C=O) groups excluding carboxylic acids is 1. The summed E-state index contributed by atoms with van der Waals surface area (Å²) in [5.74, 6) is -0.361. The summed E-state index contributed by atoms with van der Waals surface area (Å²) >= 11 is 0. The predicted octanol–water partition coefficient (Wildman–Crippen LogP) is 2.93. The van der Waals surface area contributed by atoms with Crippen molar-refractivity contribution >= 4 is 11.6 Å². The largest absolute Gasteiger partial charge is 0.368 e. The zero-order valence-electron chi connectivity index (χ0n) is 15.8. The minimum Gasteiger partial charge on any atom is -0.368 e. The van der Waals surface area contributed by atoms with Crippen LogP contribution in [-0.4, -0.2) is 52.0 Å². The lowest BCUT2D eigenvalue weighted by molar-refractivity contribution is 0.0741. The average Bonchev–Trinajstić information content (AvgIpc) is 3.24. The van der Waals surface area contributed by atoms with Crippen LogP contribution in [0.2, 0.25) is 0 Å². The van der Waals surface area contributed by atoms with Crippen LogP contribution >= 0.6 is 0 Å². The first kappa shape index (κ1) is 18.2. The maximum absolute atomic E-state index is 13.1. The van der Waals surface area contributed by atoms with E-state index in [4.69, 9.17) is 0 Å². The SMILES string of the molecule is CCc1ccc(-n2cc(C(=O)N3CCN(c4ccc(F)cc4)CC3)nn2)cc1. The van der Waals surface area contributed by atoms with E-state index in [1.165, 1.54) is 17.7 Å². The number of nitrogens with zero attached hydrogens (tertiary/aromatic N) is 5. The van der Waals surface area contributed by atoms with Gasteiger partial charge in [-0.25, -0.2) is 9.07 Å². The van der Waals surface area contributed by atoms with Crippen molar-refractivity contribution in [3.8, 4) is 5.69 Å². The van der Waals surface area contributed by atoms with Crippen molar-refractivity contribution < 1.29 is 9.18 Å². The maximum Gasteiger partial charge on any atom is 0.276 e. The van der Waals surface area contributed by atoms with Gasteiger partial charge in [0.25, 0.3) is 5.91 Å². The number of piperazine rings is 1. The van der Waals surface area contributed by atoms with E-state index in [-0.39, 0.29) is 11.7 Å². The number of amides is 1. The summed E-state index contributed by atoms with van der Waals surface area (Å²) in [6, 6.07) is 14.5. The Balaban J connectivity index is 1.40. The molecular formula is C21H22FN5O. The first-order valence-corrected chi connectivity index (χ1v) is 9.45. The number of anilines is 1. The van der Waals surface area contributed by atoms with Crippen molar-refractivity contribution in [2.45, 2.75) is 13.3 Å². The highest BCUT2D eigenvalue weighted by Gasteiger charge is 2.24. The molecular weight excluding hydrogens is 357 g/mol. The minimum absolute atomic E-state index is 0.116. The smallest absolute Gasteiger partial charge is 0.276 e. The fraction of sp³-hybridized carbons (Fsp3) is 0.286. The van der Waals surface area contributed by atoms with Crippen molar-refractivity contribution in [2.24, 2.45) is 0 Å². The lowest BCUT2D eigenvalue weighted by Crippen LogP contribution is -2.48. The highest BCUT2D eigenvalue weighted by Crippen LogP contribution is 2.18. The number of hydrogen-bond donors (Lipinski definition) is 0. The zero-order chi connectivity index (χ0) is 19.5. The summed E-state index contributed by atoms with van der Waals surface area (Å²) in [5.41, 5.74) is 3.44. The molecule has 0 radical (unpaired) electrons. The molecule has 144 valence electrons. The zero-order valence-corrected chi connectivity index (χ0v) is 15.8. The molecule has 0 atom stereocenters. The van der Waals surface area contributed by atoms with Gasteiger partial charge in [0.15, 0.2) is 5.69 Å². The Morgan fingerprint density at radius 3 is 2.25 bits per heavy atom. The van der Waals surface area contributed by atoms with E-state index >= 15 is 0 Å². The van der Waals surface area contributed by atoms with Crippen LogP contribution in [0.5, 0.6) is 0 Å². The van der Waals surface area contributed by atoms with Gasteiger partial charge in [-0.3, -0.25) is 4.79 Å². The monoisotopic (exact) mass is 379 g/mol. The standard InChI is InChI=1S/C21H22FN5O/c1-2-16-3-7-19(8-4-16)27-15-20(23-24-27)21(28)26-13-11-25(12-14-26)18-9-5-17(22)6-10-18/h3-10,15H,2,11-14H2,1H3. The van der Waals surface area contributed by atoms with Gasteiger partial charge in [0.05, 0.1) is 11.9 Å². The number of carbonyl (C=O) groups is 1. The van der Waals surface area contributed by atoms with Gasteiger partial charge in [-0.05, 0) is 48.4 Å². The molecule has 0 bridgehead atoms. The molecule has 1 aliphatic heterocycles. The van der Waals surface area contributed by atoms with E-state index in [0.717, 1.165) is 17.8 Å². The van der Waals surface area contributed by atoms with E-state index in [1.54, 1.807) is 27.9 Å². The molecule has 1 fully saturated rings. The van der Waals surface area contributed by atoms with Gasteiger partial charge in [-0.1, -0.05) is 24.3 Å². The van der Waals surface area contributed by atoms with Crippen LogP contribution < -0.4 is 4.90 Å². The third-order valence-electron chi connectivity index (χ3n) is 5.08. The molecule has 0 saturated carbocycles. The average molecular weight is 379 g/mol. The molecule has 2 heterocycles. The molecule has 0 aliphatic carbocycles. The number of halogens is 1. The fourth-order valence-electron chi connectivity index (χ4n) is 3.35. The topological polar surface area (TPSA) is 54.3 Å². The molecule has 0 spiro atoms. The highest BCUT2D eigenvalue weighted by atomic mass is 19.1. The van der Waals surface area contributed by atoms with E-state index < -0.39 is 0 Å². The molecule has 3 aromatic rings. The first-order valence-electron chi connectivity index (χ1n) is 9.45. The third kappa shape index (κ3) is 3.74. The van der Waals surface area contributed by atoms with Gasteiger partial charge < -0.3 is 9.80 Å². The second kappa shape index (κ2) is 7.80. The van der Waals surface area contributed by atoms with E-state index in [2.05, 4.69) is 22.1 Å². The van der Waals surface area contributed by atoms with Gasteiger partial charge in [-0.15, -0.1) is 5.10 Å². The fourth-order valence-corrected chi connectivity index (χ4v) is 3.35. The van der Waals surface area contributed by atoms with Gasteiger partial charge in [0.1, 0.15) is 5.82 Å². The number of aryl methyl sites for hydroxylation is 1. The molecule has 1 aliphatic rings. The van der Waals surface area contributed by atoms with Crippen molar-refractivity contribution in [3.63, 3.8) is 0 Å². The number of aromatic nitrogens is 3. The quantitative estimate of drug-likeness (QED) is 0.699. The van der Waals surface area contributed by atoms with Crippen molar-refractivity contribution in [2.75, 3.05) is 31.1 Å². The molecule has 4 rings (SSSR count). The van der Waals surface area contributed by atoms with Crippen molar-refractivity contribution in [1.82, 2.24) is 19.9 Å². The highest BCUT2D eigenvalue weighted by molar-refractivity contribution is 5.92. The molecule has 2 aromatic carbocycles. The van der Waals surface area contributed by atoms with Crippen LogP contribution in [0, 0.1) is 5.82 Å². The van der Waals surface area contributed by atoms with Crippen LogP contribution in [-0.2, 0) is 6.42 Å². The molecule has 7 heteroatoms. The van der Waals surface area contributed by atoms with Crippen LogP contribution in [0.15, 0.2) is 54.7 Å². The van der Waals surface area contributed by atoms with Crippen LogP contribution in [0.3, 0.4) is 0 Å². The molecule has 28 heavy (non-hydrogen) atoms. The van der Waals surface area contributed by atoms with Crippen LogP contribution in [0.1, 0.15) is 23.0 Å². The van der Waals surface area contributed by atoms with E-state index in [9.17, 15) is 9.18 Å². The second-order valence-electron chi connectivity index (χ2n) is 6.82. The third-order valence-corrected chi connectivity index (χ3v) is 5.08. The molecule has 0 unspecified atom stereocenters. The van der Waals surface area contributed by atoms with Gasteiger partial charge >= 0.3 is 0 Å². The second-order valence-corrected chi connectivity index (χ2v) is 6.82. The van der Waals surface area contributed by atoms with Crippen molar-refractivity contribution in [3.05, 3.63) is 71.8 Å². The predicted molar refractivity (Wildman–Crippen MR) is 105 cm³/mol. The lowest BCUT2D eigenvalue weighted by Gasteiger charge is -2.35. The summed E-state index contributed by atoms with van der Waals surface area (Å²) < 4.78 is 14.7. The Morgan fingerprint density at radius 2 is 1.61 bits per heavy atom. The summed E-state index contributed by atoms with van der Waals surface area (Å²) in [5, 5.41) is 8.17. The Labute approximate surface area is 163 Å². The molecule has 1 saturated heterocycles. The van der Waals surface area contributed by atoms with Gasteiger partial charge in [0.2, 0.25) is 0 Å². The summed E-state index contributed by atoms with van der Waals surface area (Å²) in [4.78, 5) is 16.7. The van der Waals surface area contributed by atoms with E-state index in [1.807, 2.05) is 24.3 Å². The summed E-state index contributed by atoms with van der Waals surface area (Å²) in [7, 11) is 0.